The van der Waals surface area contributed by atoms with E-state index in [0.717, 1.165) is 12.8 Å². The second-order valence-corrected chi connectivity index (χ2v) is 8.04. The van der Waals surface area contributed by atoms with Crippen molar-refractivity contribution >= 4 is 0 Å². The van der Waals surface area contributed by atoms with Gasteiger partial charge in [-0.2, -0.15) is 0 Å². The molecule has 22 heavy (non-hydrogen) atoms. The maximum absolute atomic E-state index is 4.62. The fourth-order valence-electron chi connectivity index (χ4n) is 2.94. The van der Waals surface area contributed by atoms with Crippen LogP contribution in [-0.4, -0.2) is 9.97 Å². The van der Waals surface area contributed by atoms with Crippen molar-refractivity contribution in [2.75, 3.05) is 0 Å². The summed E-state index contributed by atoms with van der Waals surface area (Å²) in [5.41, 5.74) is 5.52. The Morgan fingerprint density at radius 3 is 2.14 bits per heavy atom. The molecule has 118 valence electrons. The third-order valence-corrected chi connectivity index (χ3v) is 3.98. The molecule has 0 aliphatic heterocycles. The Morgan fingerprint density at radius 2 is 1.50 bits per heavy atom. The zero-order chi connectivity index (χ0) is 16.4. The van der Waals surface area contributed by atoms with Crippen LogP contribution in [0.5, 0.6) is 0 Å². The highest BCUT2D eigenvalue weighted by atomic mass is 14.7. The van der Waals surface area contributed by atoms with Crippen molar-refractivity contribution in [3.63, 3.8) is 0 Å². The molecule has 0 atom stereocenters. The first kappa shape index (κ1) is 16.7. The van der Waals surface area contributed by atoms with Gasteiger partial charge >= 0.3 is 0 Å². The van der Waals surface area contributed by atoms with Gasteiger partial charge in [0.1, 0.15) is 0 Å². The first-order valence-corrected chi connectivity index (χ1v) is 8.07. The Balaban J connectivity index is 2.26. The molecule has 0 N–H and O–H groups in total. The molecule has 2 heterocycles. The molecule has 0 aliphatic rings. The fourth-order valence-corrected chi connectivity index (χ4v) is 2.94. The number of pyridine rings is 2. The minimum absolute atomic E-state index is 0.0817. The zero-order valence-corrected chi connectivity index (χ0v) is 14.8. The summed E-state index contributed by atoms with van der Waals surface area (Å²) in [7, 11) is 0. The highest BCUT2D eigenvalue weighted by molar-refractivity contribution is 5.32. The van der Waals surface area contributed by atoms with Gasteiger partial charge in [0.25, 0.3) is 0 Å². The van der Waals surface area contributed by atoms with Crippen LogP contribution in [0, 0.1) is 0 Å². The highest BCUT2D eigenvalue weighted by Gasteiger charge is 2.21. The molecular weight excluding hydrogens is 268 g/mol. The van der Waals surface area contributed by atoms with Gasteiger partial charge in [-0.05, 0) is 47.1 Å². The molecule has 0 radical (unpaired) electrons. The third-order valence-electron chi connectivity index (χ3n) is 3.98. The zero-order valence-electron chi connectivity index (χ0n) is 14.8. The van der Waals surface area contributed by atoms with E-state index in [0.29, 0.717) is 0 Å². The van der Waals surface area contributed by atoms with E-state index in [-0.39, 0.29) is 10.8 Å². The first-order valence-electron chi connectivity index (χ1n) is 8.07. The van der Waals surface area contributed by atoms with E-state index < -0.39 is 0 Å². The second kappa shape index (κ2) is 6.20. The van der Waals surface area contributed by atoms with E-state index >= 15 is 0 Å². The number of hydrogen-bond donors (Lipinski definition) is 0. The number of rotatable bonds is 3. The van der Waals surface area contributed by atoms with Crippen molar-refractivity contribution in [1.29, 1.82) is 0 Å². The molecule has 0 bridgehead atoms. The van der Waals surface area contributed by atoms with Crippen LogP contribution in [0.4, 0.5) is 0 Å². The van der Waals surface area contributed by atoms with E-state index in [2.05, 4.69) is 63.6 Å². The van der Waals surface area contributed by atoms with Crippen molar-refractivity contribution in [2.45, 2.75) is 65.2 Å². The van der Waals surface area contributed by atoms with Crippen LogP contribution in [0.2, 0.25) is 0 Å². The summed E-state index contributed by atoms with van der Waals surface area (Å²) in [4.78, 5) is 8.94. The van der Waals surface area contributed by atoms with E-state index in [9.17, 15) is 0 Å². The summed E-state index contributed by atoms with van der Waals surface area (Å²) >= 11 is 0. The van der Waals surface area contributed by atoms with E-state index in [4.69, 9.17) is 0 Å². The predicted octanol–water partition coefficient (Wildman–Crippen LogP) is 4.86. The van der Waals surface area contributed by atoms with Crippen molar-refractivity contribution in [3.8, 4) is 0 Å². The van der Waals surface area contributed by atoms with Gasteiger partial charge in [0.15, 0.2) is 0 Å². The number of hydrogen-bond acceptors (Lipinski definition) is 2. The quantitative estimate of drug-likeness (QED) is 0.808. The molecule has 0 fully saturated rings. The molecule has 0 aliphatic carbocycles. The van der Waals surface area contributed by atoms with Crippen LogP contribution in [0.25, 0.3) is 0 Å². The lowest BCUT2D eigenvalue weighted by Gasteiger charge is -2.24. The normalized spacial score (nSPS) is 12.5. The minimum Gasteiger partial charge on any atom is -0.264 e. The molecule has 0 amide bonds. The second-order valence-electron chi connectivity index (χ2n) is 8.04. The van der Waals surface area contributed by atoms with Crippen molar-refractivity contribution in [3.05, 3.63) is 59.2 Å². The maximum atomic E-state index is 4.62. The molecule has 2 nitrogen and oxygen atoms in total. The molecule has 0 saturated carbocycles. The lowest BCUT2D eigenvalue weighted by atomic mass is 9.82. The average molecular weight is 296 g/mol. The predicted molar refractivity (Wildman–Crippen MR) is 93.3 cm³/mol. The van der Waals surface area contributed by atoms with Gasteiger partial charge in [0, 0.05) is 29.7 Å². The molecule has 2 aromatic rings. The summed E-state index contributed by atoms with van der Waals surface area (Å²) in [5.74, 6) is 0. The Morgan fingerprint density at radius 1 is 0.818 bits per heavy atom. The molecule has 2 rings (SSSR count). The van der Waals surface area contributed by atoms with Crippen LogP contribution >= 0.6 is 0 Å². The Bertz CT molecular complexity index is 573. The van der Waals surface area contributed by atoms with Gasteiger partial charge in [0.2, 0.25) is 0 Å². The Labute approximate surface area is 135 Å². The van der Waals surface area contributed by atoms with Crippen molar-refractivity contribution in [1.82, 2.24) is 9.97 Å². The number of nitrogens with zero attached hydrogens (tertiary/aromatic N) is 2. The summed E-state index contributed by atoms with van der Waals surface area (Å²) < 4.78 is 0. The van der Waals surface area contributed by atoms with Gasteiger partial charge in [-0.3, -0.25) is 9.97 Å². The fraction of sp³-hybridized carbons (Fsp3) is 0.500. The summed E-state index contributed by atoms with van der Waals surface area (Å²) in [6.07, 6.45) is 7.83. The molecule has 2 aromatic heterocycles. The number of aromatic nitrogens is 2. The van der Waals surface area contributed by atoms with Crippen LogP contribution in [0.15, 0.2) is 36.8 Å². The SMILES string of the molecule is CC(C)(C)c1ccncc1CCc1cccnc1C(C)(C)C. The summed E-state index contributed by atoms with van der Waals surface area (Å²) in [5, 5.41) is 0. The molecular formula is C20H28N2. The van der Waals surface area contributed by atoms with E-state index in [1.165, 1.54) is 22.4 Å². The standard InChI is InChI=1S/C20H28N2/c1-19(2,3)17-11-13-21-14-16(17)10-9-15-8-7-12-22-18(15)20(4,5)6/h7-8,11-14H,9-10H2,1-6H3. The first-order chi connectivity index (χ1) is 10.2. The van der Waals surface area contributed by atoms with Gasteiger partial charge in [0.05, 0.1) is 0 Å². The largest absolute Gasteiger partial charge is 0.264 e. The van der Waals surface area contributed by atoms with Gasteiger partial charge < -0.3 is 0 Å². The van der Waals surface area contributed by atoms with Crippen LogP contribution in [-0.2, 0) is 23.7 Å². The molecule has 2 heteroatoms. The van der Waals surface area contributed by atoms with E-state index in [1.54, 1.807) is 0 Å². The Hall–Kier alpha value is -1.70. The van der Waals surface area contributed by atoms with Gasteiger partial charge in [-0.1, -0.05) is 47.6 Å². The van der Waals surface area contributed by atoms with Gasteiger partial charge in [-0.25, -0.2) is 0 Å². The topological polar surface area (TPSA) is 25.8 Å². The minimum atomic E-state index is 0.0817. The maximum Gasteiger partial charge on any atom is 0.0489 e. The van der Waals surface area contributed by atoms with Crippen LogP contribution in [0.3, 0.4) is 0 Å². The highest BCUT2D eigenvalue weighted by Crippen LogP contribution is 2.28. The summed E-state index contributed by atoms with van der Waals surface area (Å²) in [6.45, 7) is 13.5. The molecule has 0 aromatic carbocycles. The molecule has 0 saturated heterocycles. The van der Waals surface area contributed by atoms with Gasteiger partial charge in [-0.15, -0.1) is 0 Å². The molecule has 0 spiro atoms. The summed E-state index contributed by atoms with van der Waals surface area (Å²) in [6, 6.07) is 6.41. The third kappa shape index (κ3) is 3.94. The lowest BCUT2D eigenvalue weighted by molar-refractivity contribution is 0.558. The van der Waals surface area contributed by atoms with E-state index in [1.807, 2.05) is 24.7 Å². The Kier molecular flexibility index (Phi) is 4.69. The lowest BCUT2D eigenvalue weighted by Crippen LogP contribution is -2.18. The van der Waals surface area contributed by atoms with Crippen molar-refractivity contribution in [2.24, 2.45) is 0 Å². The number of aryl methyl sites for hydroxylation is 2. The van der Waals surface area contributed by atoms with Crippen LogP contribution < -0.4 is 0 Å². The average Bonchev–Trinajstić information content (AvgIpc) is 2.44. The van der Waals surface area contributed by atoms with Crippen LogP contribution in [0.1, 0.15) is 63.9 Å². The molecule has 0 unspecified atom stereocenters. The smallest absolute Gasteiger partial charge is 0.0489 e. The van der Waals surface area contributed by atoms with Crippen molar-refractivity contribution < 1.29 is 0 Å². The monoisotopic (exact) mass is 296 g/mol.